The highest BCUT2D eigenvalue weighted by Gasteiger charge is 2.42. The minimum absolute atomic E-state index is 0.173. The van der Waals surface area contributed by atoms with Crippen LogP contribution in [0.4, 0.5) is 5.69 Å². The molecule has 0 radical (unpaired) electrons. The van der Waals surface area contributed by atoms with Crippen molar-refractivity contribution in [3.63, 3.8) is 0 Å². The Hall–Kier alpha value is -2.67. The second-order valence-electron chi connectivity index (χ2n) is 6.28. The van der Waals surface area contributed by atoms with Crippen LogP contribution >= 0.6 is 0 Å². The lowest BCUT2D eigenvalue weighted by atomic mass is 9.87. The zero-order chi connectivity index (χ0) is 17.7. The Morgan fingerprint density at radius 1 is 1.20 bits per heavy atom. The first-order chi connectivity index (χ1) is 12.1. The molecule has 1 aliphatic rings. The number of para-hydroxylation sites is 1. The molecular weight excluding hydrogens is 318 g/mol. The van der Waals surface area contributed by atoms with Gasteiger partial charge in [-0.2, -0.15) is 5.10 Å². The van der Waals surface area contributed by atoms with E-state index in [1.54, 1.807) is 24.0 Å². The van der Waals surface area contributed by atoms with E-state index >= 15 is 0 Å². The Morgan fingerprint density at radius 2 is 1.92 bits per heavy atom. The van der Waals surface area contributed by atoms with Gasteiger partial charge in [-0.1, -0.05) is 18.2 Å². The van der Waals surface area contributed by atoms with E-state index in [0.717, 1.165) is 13.1 Å². The fourth-order valence-electron chi connectivity index (χ4n) is 3.09. The number of anilines is 1. The molecule has 1 aliphatic heterocycles. The maximum absolute atomic E-state index is 13.0. The number of carbonyl (C=O) groups is 2. The summed E-state index contributed by atoms with van der Waals surface area (Å²) in [4.78, 5) is 25.4. The number of nitrogens with one attached hydrogen (secondary N) is 3. The molecule has 1 aromatic heterocycles. The number of rotatable bonds is 5. The van der Waals surface area contributed by atoms with Gasteiger partial charge >= 0.3 is 0 Å². The molecule has 7 heteroatoms. The van der Waals surface area contributed by atoms with Crippen molar-refractivity contribution in [1.29, 1.82) is 0 Å². The van der Waals surface area contributed by atoms with E-state index in [1.807, 2.05) is 36.4 Å². The second kappa shape index (κ2) is 7.48. The summed E-state index contributed by atoms with van der Waals surface area (Å²) in [5.74, 6) is -0.419. The van der Waals surface area contributed by atoms with Gasteiger partial charge in [0.1, 0.15) is 11.6 Å². The topological polar surface area (TPSA) is 88.1 Å². The van der Waals surface area contributed by atoms with Gasteiger partial charge in [0.15, 0.2) is 0 Å². The first kappa shape index (κ1) is 17.2. The smallest absolute Gasteiger partial charge is 0.248 e. The zero-order valence-electron chi connectivity index (χ0n) is 14.2. The molecule has 0 aliphatic carbocycles. The van der Waals surface area contributed by atoms with E-state index in [2.05, 4.69) is 21.0 Å². The Morgan fingerprint density at radius 3 is 2.56 bits per heavy atom. The van der Waals surface area contributed by atoms with Gasteiger partial charge in [-0.3, -0.25) is 14.3 Å². The van der Waals surface area contributed by atoms with Gasteiger partial charge in [-0.15, -0.1) is 0 Å². The fraction of sp³-hybridized carbons (Fsp3) is 0.389. The van der Waals surface area contributed by atoms with Crippen molar-refractivity contribution >= 4 is 17.5 Å². The lowest BCUT2D eigenvalue weighted by Crippen LogP contribution is -2.57. The molecule has 1 unspecified atom stereocenters. The van der Waals surface area contributed by atoms with Gasteiger partial charge in [0.05, 0.1) is 0 Å². The molecule has 0 spiro atoms. The summed E-state index contributed by atoms with van der Waals surface area (Å²) >= 11 is 0. The van der Waals surface area contributed by atoms with Gasteiger partial charge in [0.2, 0.25) is 11.8 Å². The van der Waals surface area contributed by atoms with Crippen molar-refractivity contribution in [3.8, 4) is 0 Å². The predicted octanol–water partition coefficient (Wildman–Crippen LogP) is 1.11. The maximum Gasteiger partial charge on any atom is 0.248 e. The summed E-state index contributed by atoms with van der Waals surface area (Å²) < 4.78 is 1.71. The summed E-state index contributed by atoms with van der Waals surface area (Å²) in [6, 6.07) is 10.4. The van der Waals surface area contributed by atoms with E-state index in [9.17, 15) is 9.59 Å². The van der Waals surface area contributed by atoms with Gasteiger partial charge in [-0.25, -0.2) is 0 Å². The monoisotopic (exact) mass is 341 g/mol. The molecule has 25 heavy (non-hydrogen) atoms. The van der Waals surface area contributed by atoms with Crippen molar-refractivity contribution in [2.75, 3.05) is 18.4 Å². The second-order valence-corrected chi connectivity index (χ2v) is 6.28. The van der Waals surface area contributed by atoms with Crippen LogP contribution in [-0.4, -0.2) is 40.7 Å². The normalized spacial score (nSPS) is 17.5. The van der Waals surface area contributed by atoms with Crippen LogP contribution in [0.5, 0.6) is 0 Å². The van der Waals surface area contributed by atoms with E-state index in [0.29, 0.717) is 18.5 Å². The predicted molar refractivity (Wildman–Crippen MR) is 95.0 cm³/mol. The van der Waals surface area contributed by atoms with Crippen LogP contribution in [0.1, 0.15) is 19.8 Å². The molecule has 132 valence electrons. The number of aromatic nitrogens is 2. The lowest BCUT2D eigenvalue weighted by Gasteiger charge is -2.37. The van der Waals surface area contributed by atoms with Gasteiger partial charge in [0.25, 0.3) is 0 Å². The Balaban J connectivity index is 1.69. The summed E-state index contributed by atoms with van der Waals surface area (Å²) in [5.41, 5.74) is -0.0481. The maximum atomic E-state index is 13.0. The SMILES string of the molecule is CC(NC(=O)C1(n2cccn2)CCNCC1)C(=O)Nc1ccccc1. The number of piperidine rings is 1. The van der Waals surface area contributed by atoms with Crippen LogP contribution in [-0.2, 0) is 15.1 Å². The van der Waals surface area contributed by atoms with Crippen LogP contribution in [0.15, 0.2) is 48.8 Å². The highest BCUT2D eigenvalue weighted by Crippen LogP contribution is 2.27. The molecule has 0 bridgehead atoms. The van der Waals surface area contributed by atoms with Crippen LogP contribution in [0.2, 0.25) is 0 Å². The minimum atomic E-state index is -0.754. The third-order valence-corrected chi connectivity index (χ3v) is 4.58. The highest BCUT2D eigenvalue weighted by molar-refractivity contribution is 5.98. The largest absolute Gasteiger partial charge is 0.342 e. The standard InChI is InChI=1S/C18H23N5O2/c1-14(16(24)22-15-6-3-2-4-7-15)21-17(25)18(8-11-19-12-9-18)23-13-5-10-20-23/h2-7,10,13-14,19H,8-9,11-12H2,1H3,(H,21,25)(H,22,24). The fourth-order valence-corrected chi connectivity index (χ4v) is 3.09. The average Bonchev–Trinajstić information content (AvgIpc) is 3.18. The van der Waals surface area contributed by atoms with Crippen LogP contribution in [0, 0.1) is 0 Å². The summed E-state index contributed by atoms with van der Waals surface area (Å²) in [6.45, 7) is 3.16. The van der Waals surface area contributed by atoms with E-state index in [1.165, 1.54) is 0 Å². The van der Waals surface area contributed by atoms with Crippen molar-refractivity contribution < 1.29 is 9.59 Å². The quantitative estimate of drug-likeness (QED) is 0.760. The van der Waals surface area contributed by atoms with Crippen molar-refractivity contribution in [1.82, 2.24) is 20.4 Å². The summed E-state index contributed by atoms with van der Waals surface area (Å²) in [5, 5.41) is 13.2. The molecule has 1 aromatic carbocycles. The van der Waals surface area contributed by atoms with Crippen molar-refractivity contribution in [3.05, 3.63) is 48.8 Å². The first-order valence-electron chi connectivity index (χ1n) is 8.49. The zero-order valence-corrected chi connectivity index (χ0v) is 14.2. The molecule has 0 saturated carbocycles. The third-order valence-electron chi connectivity index (χ3n) is 4.58. The molecule has 2 aromatic rings. The molecule has 2 heterocycles. The van der Waals surface area contributed by atoms with E-state index < -0.39 is 11.6 Å². The van der Waals surface area contributed by atoms with Gasteiger partial charge in [-0.05, 0) is 51.1 Å². The van der Waals surface area contributed by atoms with Crippen molar-refractivity contribution in [2.24, 2.45) is 0 Å². The minimum Gasteiger partial charge on any atom is -0.342 e. The summed E-state index contributed by atoms with van der Waals surface area (Å²) in [6.07, 6.45) is 4.74. The molecule has 7 nitrogen and oxygen atoms in total. The molecule has 3 N–H and O–H groups in total. The lowest BCUT2D eigenvalue weighted by molar-refractivity contribution is -0.134. The Bertz CT molecular complexity index is 708. The number of benzene rings is 1. The molecule has 1 saturated heterocycles. The number of amides is 2. The highest BCUT2D eigenvalue weighted by atomic mass is 16.2. The molecule has 1 fully saturated rings. The van der Waals surface area contributed by atoms with Crippen LogP contribution < -0.4 is 16.0 Å². The Kier molecular flexibility index (Phi) is 5.14. The number of nitrogens with zero attached hydrogens (tertiary/aromatic N) is 2. The Labute approximate surface area is 146 Å². The molecular formula is C18H23N5O2. The van der Waals surface area contributed by atoms with Crippen LogP contribution in [0.25, 0.3) is 0 Å². The average molecular weight is 341 g/mol. The summed E-state index contributed by atoms with van der Waals surface area (Å²) in [7, 11) is 0. The number of carbonyl (C=O) groups excluding carboxylic acids is 2. The van der Waals surface area contributed by atoms with E-state index in [-0.39, 0.29) is 11.8 Å². The molecule has 2 amide bonds. The van der Waals surface area contributed by atoms with Gasteiger partial charge in [0, 0.05) is 18.1 Å². The first-order valence-corrected chi connectivity index (χ1v) is 8.49. The third kappa shape index (κ3) is 3.71. The van der Waals surface area contributed by atoms with Gasteiger partial charge < -0.3 is 16.0 Å². The van der Waals surface area contributed by atoms with Crippen molar-refractivity contribution in [2.45, 2.75) is 31.3 Å². The number of hydrogen-bond acceptors (Lipinski definition) is 4. The molecule has 1 atom stereocenters. The van der Waals surface area contributed by atoms with Crippen LogP contribution in [0.3, 0.4) is 0 Å². The number of hydrogen-bond donors (Lipinski definition) is 3. The molecule has 3 rings (SSSR count). The van der Waals surface area contributed by atoms with E-state index in [4.69, 9.17) is 0 Å².